The number of aromatic nitrogens is 4. The molecule has 162 valence electrons. The molecule has 0 aliphatic rings. The molecule has 0 radical (unpaired) electrons. The fourth-order valence-corrected chi connectivity index (χ4v) is 2.84. The Morgan fingerprint density at radius 2 is 1.71 bits per heavy atom. The van der Waals surface area contributed by atoms with Crippen molar-refractivity contribution in [2.75, 3.05) is 18.0 Å². The highest BCUT2D eigenvalue weighted by Crippen LogP contribution is 2.14. The molecule has 10 heteroatoms. The van der Waals surface area contributed by atoms with E-state index in [4.69, 9.17) is 4.74 Å². The van der Waals surface area contributed by atoms with E-state index < -0.39 is 11.8 Å². The molecule has 2 amide bonds. The summed E-state index contributed by atoms with van der Waals surface area (Å²) in [6, 6.07) is 16.4. The Hall–Kier alpha value is -3.95. The van der Waals surface area contributed by atoms with Gasteiger partial charge in [-0.15, -0.1) is 10.2 Å². The number of nitrogens with zero attached hydrogens (tertiary/aromatic N) is 5. The van der Waals surface area contributed by atoms with Crippen molar-refractivity contribution in [3.8, 4) is 5.75 Å². The van der Waals surface area contributed by atoms with Gasteiger partial charge in [-0.25, -0.2) is 0 Å². The van der Waals surface area contributed by atoms with Gasteiger partial charge in [-0.3, -0.25) is 20.4 Å². The number of hydrazine groups is 1. The Bertz CT molecular complexity index is 986. The first-order valence-electron chi connectivity index (χ1n) is 9.97. The summed E-state index contributed by atoms with van der Waals surface area (Å²) >= 11 is 0. The quantitative estimate of drug-likeness (QED) is 0.502. The zero-order valence-corrected chi connectivity index (χ0v) is 17.5. The van der Waals surface area contributed by atoms with Crippen LogP contribution in [-0.2, 0) is 17.9 Å². The lowest BCUT2D eigenvalue weighted by molar-refractivity contribution is -0.122. The normalized spacial score (nSPS) is 10.4. The largest absolute Gasteiger partial charge is 0.485 e. The Kier molecular flexibility index (Phi) is 7.52. The zero-order valence-electron chi connectivity index (χ0n) is 17.5. The number of benzene rings is 2. The van der Waals surface area contributed by atoms with Crippen LogP contribution in [0.2, 0.25) is 0 Å². The summed E-state index contributed by atoms with van der Waals surface area (Å²) in [6.45, 7) is 5.85. The van der Waals surface area contributed by atoms with E-state index in [2.05, 4.69) is 45.0 Å². The third-order valence-corrected chi connectivity index (χ3v) is 4.46. The van der Waals surface area contributed by atoms with Gasteiger partial charge in [0.15, 0.2) is 6.61 Å². The first kappa shape index (κ1) is 21.8. The third-order valence-electron chi connectivity index (χ3n) is 4.46. The highest BCUT2D eigenvalue weighted by Gasteiger charge is 2.11. The van der Waals surface area contributed by atoms with Gasteiger partial charge >= 0.3 is 0 Å². The highest BCUT2D eigenvalue weighted by atomic mass is 16.5. The van der Waals surface area contributed by atoms with E-state index in [1.165, 1.54) is 0 Å². The van der Waals surface area contributed by atoms with E-state index in [0.29, 0.717) is 17.1 Å². The number of hydrogen-bond donors (Lipinski definition) is 2. The molecule has 31 heavy (non-hydrogen) atoms. The average Bonchev–Trinajstić information content (AvgIpc) is 3.25. The molecular formula is C21H25N7O3. The second kappa shape index (κ2) is 10.7. The van der Waals surface area contributed by atoms with Crippen molar-refractivity contribution in [3.63, 3.8) is 0 Å². The zero-order chi connectivity index (χ0) is 22.1. The number of tetrazole rings is 1. The highest BCUT2D eigenvalue weighted by molar-refractivity contribution is 5.95. The number of carbonyl (C=O) groups excluding carboxylic acids is 2. The molecule has 1 heterocycles. The van der Waals surface area contributed by atoms with Crippen molar-refractivity contribution < 1.29 is 14.3 Å². The Morgan fingerprint density at radius 3 is 2.39 bits per heavy atom. The van der Waals surface area contributed by atoms with Crippen LogP contribution in [0.3, 0.4) is 0 Å². The number of ether oxygens (including phenoxy) is 1. The molecule has 10 nitrogen and oxygen atoms in total. The van der Waals surface area contributed by atoms with Gasteiger partial charge in [0, 0.05) is 24.3 Å². The number of carbonyl (C=O) groups is 2. The van der Waals surface area contributed by atoms with Crippen LogP contribution in [0.25, 0.3) is 0 Å². The van der Waals surface area contributed by atoms with Crippen LogP contribution in [0.15, 0.2) is 54.6 Å². The maximum absolute atomic E-state index is 12.2. The minimum Gasteiger partial charge on any atom is -0.485 e. The average molecular weight is 423 g/mol. The molecule has 0 aliphatic heterocycles. The number of anilines is 1. The summed E-state index contributed by atoms with van der Waals surface area (Å²) < 4.78 is 5.54. The second-order valence-electron chi connectivity index (χ2n) is 6.56. The Morgan fingerprint density at radius 1 is 1.00 bits per heavy atom. The molecule has 2 aromatic carbocycles. The Labute approximate surface area is 180 Å². The van der Waals surface area contributed by atoms with Crippen LogP contribution in [0.4, 0.5) is 5.69 Å². The van der Waals surface area contributed by atoms with Crippen LogP contribution in [0.1, 0.15) is 30.0 Å². The molecule has 0 spiro atoms. The first-order chi connectivity index (χ1) is 15.1. The van der Waals surface area contributed by atoms with Gasteiger partial charge in [0.05, 0.1) is 0 Å². The van der Waals surface area contributed by atoms with Crippen molar-refractivity contribution in [2.24, 2.45) is 0 Å². The van der Waals surface area contributed by atoms with Gasteiger partial charge in [-0.1, -0.05) is 18.2 Å². The van der Waals surface area contributed by atoms with Gasteiger partial charge in [0.2, 0.25) is 5.82 Å². The van der Waals surface area contributed by atoms with Gasteiger partial charge in [0.25, 0.3) is 11.8 Å². The van der Waals surface area contributed by atoms with Crippen molar-refractivity contribution in [2.45, 2.75) is 27.0 Å². The SMILES string of the molecule is CCN(CC)c1ccc(C(=O)NNC(=O)Cn2nnc(COc3ccccc3)n2)cc1. The summed E-state index contributed by atoms with van der Waals surface area (Å²) in [6.07, 6.45) is 0. The predicted octanol–water partition coefficient (Wildman–Crippen LogP) is 1.56. The lowest BCUT2D eigenvalue weighted by Crippen LogP contribution is -2.43. The van der Waals surface area contributed by atoms with Crippen molar-refractivity contribution in [1.29, 1.82) is 0 Å². The molecule has 0 aliphatic carbocycles. The van der Waals surface area contributed by atoms with Crippen LogP contribution in [0.5, 0.6) is 5.75 Å². The van der Waals surface area contributed by atoms with E-state index in [0.717, 1.165) is 23.6 Å². The number of hydrogen-bond acceptors (Lipinski definition) is 7. The van der Waals surface area contributed by atoms with E-state index in [9.17, 15) is 9.59 Å². The lowest BCUT2D eigenvalue weighted by atomic mass is 10.2. The fourth-order valence-electron chi connectivity index (χ4n) is 2.84. The topological polar surface area (TPSA) is 114 Å². The third kappa shape index (κ3) is 6.26. The minimum atomic E-state index is -0.485. The lowest BCUT2D eigenvalue weighted by Gasteiger charge is -2.21. The summed E-state index contributed by atoms with van der Waals surface area (Å²) in [5, 5.41) is 11.7. The summed E-state index contributed by atoms with van der Waals surface area (Å²) in [5.74, 6) is 0.127. The van der Waals surface area contributed by atoms with E-state index >= 15 is 0 Å². The van der Waals surface area contributed by atoms with Crippen LogP contribution in [0, 0.1) is 0 Å². The number of rotatable bonds is 9. The van der Waals surface area contributed by atoms with Crippen molar-refractivity contribution in [1.82, 2.24) is 31.1 Å². The fraction of sp³-hybridized carbons (Fsp3) is 0.286. The molecular weight excluding hydrogens is 398 g/mol. The molecule has 1 aromatic heterocycles. The van der Waals surface area contributed by atoms with Crippen molar-refractivity contribution >= 4 is 17.5 Å². The molecule has 0 saturated heterocycles. The first-order valence-corrected chi connectivity index (χ1v) is 9.97. The van der Waals surface area contributed by atoms with Gasteiger partial charge in [-0.05, 0) is 55.5 Å². The molecule has 0 atom stereocenters. The van der Waals surface area contributed by atoms with E-state index in [1.807, 2.05) is 42.5 Å². The smallest absolute Gasteiger partial charge is 0.269 e. The number of para-hydroxylation sites is 1. The maximum Gasteiger partial charge on any atom is 0.269 e. The molecule has 0 fully saturated rings. The Balaban J connectivity index is 1.44. The van der Waals surface area contributed by atoms with Crippen LogP contribution >= 0.6 is 0 Å². The second-order valence-corrected chi connectivity index (χ2v) is 6.56. The van der Waals surface area contributed by atoms with E-state index in [1.54, 1.807) is 12.1 Å². The maximum atomic E-state index is 12.2. The minimum absolute atomic E-state index is 0.131. The standard InChI is InChI=1S/C21H25N7O3/c1-3-27(4-2)17-12-10-16(11-13-17)21(30)24-23-20(29)14-28-25-19(22-26-28)15-31-18-8-6-5-7-9-18/h5-13H,3-4,14-15H2,1-2H3,(H,23,29)(H,24,30). The summed E-state index contributed by atoms with van der Waals surface area (Å²) in [4.78, 5) is 27.6. The van der Waals surface area contributed by atoms with Crippen LogP contribution in [-0.4, -0.2) is 45.1 Å². The molecule has 3 rings (SSSR count). The molecule has 0 saturated carbocycles. The van der Waals surface area contributed by atoms with Gasteiger partial charge in [0.1, 0.15) is 12.3 Å². The van der Waals surface area contributed by atoms with Gasteiger partial charge < -0.3 is 9.64 Å². The van der Waals surface area contributed by atoms with Crippen LogP contribution < -0.4 is 20.5 Å². The predicted molar refractivity (Wildman–Crippen MR) is 114 cm³/mol. The molecule has 0 bridgehead atoms. The molecule has 2 N–H and O–H groups in total. The number of amides is 2. The van der Waals surface area contributed by atoms with Crippen molar-refractivity contribution in [3.05, 3.63) is 66.0 Å². The number of nitrogens with one attached hydrogen (secondary N) is 2. The monoisotopic (exact) mass is 423 g/mol. The summed E-state index contributed by atoms with van der Waals surface area (Å²) in [5.41, 5.74) is 6.21. The van der Waals surface area contributed by atoms with E-state index in [-0.39, 0.29) is 13.2 Å². The molecule has 3 aromatic rings. The summed E-state index contributed by atoms with van der Waals surface area (Å²) in [7, 11) is 0. The van der Waals surface area contributed by atoms with Gasteiger partial charge in [-0.2, -0.15) is 4.80 Å². The molecule has 0 unspecified atom stereocenters.